The molecule has 0 atom stereocenters. The van der Waals surface area contributed by atoms with Gasteiger partial charge in [-0.25, -0.2) is 4.98 Å². The monoisotopic (exact) mass is 498 g/mol. The molecule has 0 saturated carbocycles. The fraction of sp³-hybridized carbons (Fsp3) is 0.259. The predicted octanol–water partition coefficient (Wildman–Crippen LogP) is 5.16. The minimum Gasteiger partial charge on any atom is -0.365 e. The Hall–Kier alpha value is -4.44. The standard InChI is InChI=1S/C27H30N8O2/c1-5-34(15-14-32(2)3)23-11-10-18(16-24(23)35(36)37)29-27-30-25(20-12-13-28-26(20)31-27)21-17-33(4)22-9-7-6-8-19(21)22/h6-13,16-17H,5,14-15H2,1-4H3,(H2,28,29,30,31). The lowest BCUT2D eigenvalue weighted by atomic mass is 10.1. The predicted molar refractivity (Wildman–Crippen MR) is 149 cm³/mol. The van der Waals surface area contributed by atoms with Crippen LogP contribution in [0.5, 0.6) is 0 Å². The summed E-state index contributed by atoms with van der Waals surface area (Å²) in [6.07, 6.45) is 3.90. The van der Waals surface area contributed by atoms with Crippen molar-refractivity contribution in [1.82, 2.24) is 24.4 Å². The van der Waals surface area contributed by atoms with Crippen LogP contribution in [0.25, 0.3) is 33.2 Å². The van der Waals surface area contributed by atoms with Crippen molar-refractivity contribution in [3.63, 3.8) is 0 Å². The highest BCUT2D eigenvalue weighted by Crippen LogP contribution is 2.35. The van der Waals surface area contributed by atoms with Crippen LogP contribution in [0.1, 0.15) is 6.92 Å². The van der Waals surface area contributed by atoms with Gasteiger partial charge in [-0.1, -0.05) is 18.2 Å². The number of nitro groups is 1. The molecule has 0 spiro atoms. The lowest BCUT2D eigenvalue weighted by Crippen LogP contribution is -2.32. The van der Waals surface area contributed by atoms with E-state index < -0.39 is 0 Å². The van der Waals surface area contributed by atoms with E-state index in [4.69, 9.17) is 4.98 Å². The molecule has 0 bridgehead atoms. The summed E-state index contributed by atoms with van der Waals surface area (Å²) in [4.78, 5) is 28.4. The van der Waals surface area contributed by atoms with E-state index in [2.05, 4.69) is 43.1 Å². The Kier molecular flexibility index (Phi) is 6.49. The molecule has 0 saturated heterocycles. The molecule has 0 unspecified atom stereocenters. The number of benzene rings is 2. The number of aromatic amines is 1. The molecule has 10 nitrogen and oxygen atoms in total. The third-order valence-electron chi connectivity index (χ3n) is 6.54. The lowest BCUT2D eigenvalue weighted by molar-refractivity contribution is -0.384. The number of aromatic nitrogens is 4. The normalized spacial score (nSPS) is 11.5. The van der Waals surface area contributed by atoms with Gasteiger partial charge in [0.05, 0.1) is 10.6 Å². The minimum absolute atomic E-state index is 0.0424. The average Bonchev–Trinajstić information content (AvgIpc) is 3.49. The van der Waals surface area contributed by atoms with Gasteiger partial charge in [0.2, 0.25) is 5.95 Å². The van der Waals surface area contributed by atoms with Gasteiger partial charge >= 0.3 is 0 Å². The van der Waals surface area contributed by atoms with Crippen LogP contribution in [0.15, 0.2) is 60.9 Å². The summed E-state index contributed by atoms with van der Waals surface area (Å²) < 4.78 is 2.08. The zero-order valence-electron chi connectivity index (χ0n) is 21.4. The zero-order valence-corrected chi connectivity index (χ0v) is 21.4. The number of hydrogen-bond acceptors (Lipinski definition) is 7. The van der Waals surface area contributed by atoms with E-state index in [9.17, 15) is 10.1 Å². The van der Waals surface area contributed by atoms with E-state index in [0.717, 1.165) is 34.1 Å². The fourth-order valence-electron chi connectivity index (χ4n) is 4.65. The lowest BCUT2D eigenvalue weighted by Gasteiger charge is -2.24. The summed E-state index contributed by atoms with van der Waals surface area (Å²) >= 11 is 0. The molecular weight excluding hydrogens is 468 g/mol. The molecular formula is C27H30N8O2. The molecule has 190 valence electrons. The molecule has 2 N–H and O–H groups in total. The largest absolute Gasteiger partial charge is 0.365 e. The minimum atomic E-state index is -0.338. The summed E-state index contributed by atoms with van der Waals surface area (Å²) in [5, 5.41) is 17.2. The number of nitrogens with one attached hydrogen (secondary N) is 2. The first kappa shape index (κ1) is 24.3. The van der Waals surface area contributed by atoms with E-state index >= 15 is 0 Å². The Morgan fingerprint density at radius 1 is 1.08 bits per heavy atom. The van der Waals surface area contributed by atoms with Gasteiger partial charge in [0, 0.05) is 72.7 Å². The molecule has 5 aromatic rings. The Morgan fingerprint density at radius 2 is 1.89 bits per heavy atom. The van der Waals surface area contributed by atoms with E-state index in [0.29, 0.717) is 36.1 Å². The Bertz CT molecular complexity index is 1590. The first-order valence-corrected chi connectivity index (χ1v) is 12.2. The zero-order chi connectivity index (χ0) is 26.1. The molecule has 0 radical (unpaired) electrons. The molecule has 3 heterocycles. The molecule has 10 heteroatoms. The fourth-order valence-corrected chi connectivity index (χ4v) is 4.65. The second kappa shape index (κ2) is 9.90. The number of aryl methyl sites for hydroxylation is 1. The van der Waals surface area contributed by atoms with Crippen molar-refractivity contribution in [3.05, 3.63) is 71.0 Å². The molecule has 2 aromatic carbocycles. The highest BCUT2D eigenvalue weighted by Gasteiger charge is 2.21. The molecule has 0 fully saturated rings. The molecule has 0 aliphatic rings. The smallest absolute Gasteiger partial charge is 0.294 e. The molecule has 0 aliphatic carbocycles. The Morgan fingerprint density at radius 3 is 2.65 bits per heavy atom. The van der Waals surface area contributed by atoms with Crippen molar-refractivity contribution in [2.45, 2.75) is 6.92 Å². The van der Waals surface area contributed by atoms with Gasteiger partial charge in [0.1, 0.15) is 11.3 Å². The second-order valence-corrected chi connectivity index (χ2v) is 9.28. The van der Waals surface area contributed by atoms with Crippen LogP contribution in [0, 0.1) is 10.1 Å². The molecule has 3 aromatic heterocycles. The van der Waals surface area contributed by atoms with Crippen molar-refractivity contribution in [3.8, 4) is 11.3 Å². The summed E-state index contributed by atoms with van der Waals surface area (Å²) in [5.41, 5.74) is 4.76. The van der Waals surface area contributed by atoms with E-state index in [1.54, 1.807) is 12.1 Å². The maximum Gasteiger partial charge on any atom is 0.294 e. The number of fused-ring (bicyclic) bond motifs is 2. The first-order chi connectivity index (χ1) is 17.9. The van der Waals surface area contributed by atoms with Crippen molar-refractivity contribution in [2.75, 3.05) is 43.9 Å². The average molecular weight is 499 g/mol. The summed E-state index contributed by atoms with van der Waals surface area (Å²) in [6.45, 7) is 4.16. The van der Waals surface area contributed by atoms with Crippen LogP contribution in [0.2, 0.25) is 0 Å². The Balaban J connectivity index is 1.54. The maximum atomic E-state index is 12.0. The van der Waals surface area contributed by atoms with E-state index in [-0.39, 0.29) is 10.6 Å². The van der Waals surface area contributed by atoms with E-state index in [1.165, 1.54) is 0 Å². The van der Waals surface area contributed by atoms with Crippen LogP contribution in [-0.4, -0.2) is 63.1 Å². The van der Waals surface area contributed by atoms with Gasteiger partial charge in [-0.3, -0.25) is 10.1 Å². The van der Waals surface area contributed by atoms with Crippen molar-refractivity contribution < 1.29 is 4.92 Å². The van der Waals surface area contributed by atoms with Crippen LogP contribution in [0.4, 0.5) is 23.0 Å². The highest BCUT2D eigenvalue weighted by atomic mass is 16.6. The maximum absolute atomic E-state index is 12.0. The van der Waals surface area contributed by atoms with Crippen molar-refractivity contribution >= 4 is 44.9 Å². The van der Waals surface area contributed by atoms with Gasteiger partial charge in [-0.2, -0.15) is 4.98 Å². The van der Waals surface area contributed by atoms with Crippen molar-refractivity contribution in [1.29, 1.82) is 0 Å². The first-order valence-electron chi connectivity index (χ1n) is 12.2. The number of para-hydroxylation sites is 1. The number of rotatable bonds is 9. The number of anilines is 3. The van der Waals surface area contributed by atoms with Crippen LogP contribution in [-0.2, 0) is 7.05 Å². The second-order valence-electron chi connectivity index (χ2n) is 9.28. The van der Waals surface area contributed by atoms with Gasteiger partial charge < -0.3 is 24.7 Å². The van der Waals surface area contributed by atoms with Gasteiger partial charge in [-0.15, -0.1) is 0 Å². The number of H-pyrrole nitrogens is 1. The van der Waals surface area contributed by atoms with Gasteiger partial charge in [0.15, 0.2) is 0 Å². The quantitative estimate of drug-likeness (QED) is 0.214. The van der Waals surface area contributed by atoms with Crippen molar-refractivity contribution in [2.24, 2.45) is 7.05 Å². The third kappa shape index (κ3) is 4.70. The molecule has 37 heavy (non-hydrogen) atoms. The summed E-state index contributed by atoms with van der Waals surface area (Å²) in [7, 11) is 5.99. The van der Waals surface area contributed by atoms with Gasteiger partial charge in [-0.05, 0) is 45.3 Å². The number of nitro benzene ring substituents is 1. The SMILES string of the molecule is CCN(CCN(C)C)c1ccc(Nc2nc(-c3cn(C)c4ccccc34)c3cc[nH]c3n2)cc1[N+](=O)[O-]. The van der Waals surface area contributed by atoms with Crippen LogP contribution < -0.4 is 10.2 Å². The Labute approximate surface area is 214 Å². The number of hydrogen-bond donors (Lipinski definition) is 2. The highest BCUT2D eigenvalue weighted by molar-refractivity contribution is 6.02. The summed E-state index contributed by atoms with van der Waals surface area (Å²) in [6, 6.07) is 15.3. The molecule has 0 amide bonds. The topological polar surface area (TPSA) is 108 Å². The molecule has 5 rings (SSSR count). The molecule has 0 aliphatic heterocycles. The van der Waals surface area contributed by atoms with E-state index in [1.807, 2.05) is 63.4 Å². The van der Waals surface area contributed by atoms with Crippen LogP contribution in [0.3, 0.4) is 0 Å². The third-order valence-corrected chi connectivity index (χ3v) is 6.54. The van der Waals surface area contributed by atoms with Crippen LogP contribution >= 0.6 is 0 Å². The summed E-state index contributed by atoms with van der Waals surface area (Å²) in [5.74, 6) is 0.361. The number of likely N-dealkylation sites (N-methyl/N-ethyl adjacent to an activating group) is 2. The van der Waals surface area contributed by atoms with Gasteiger partial charge in [0.25, 0.3) is 5.69 Å². The number of nitrogens with zero attached hydrogens (tertiary/aromatic N) is 6.